The molecule has 2 N–H and O–H groups in total. The summed E-state index contributed by atoms with van der Waals surface area (Å²) in [7, 11) is 0. The van der Waals surface area contributed by atoms with Crippen molar-refractivity contribution in [2.75, 3.05) is 19.8 Å². The number of primary amides is 1. The average Bonchev–Trinajstić information content (AvgIpc) is 3.51. The van der Waals surface area contributed by atoms with Crippen molar-refractivity contribution in [3.05, 3.63) is 70.3 Å². The van der Waals surface area contributed by atoms with Crippen LogP contribution in [0.1, 0.15) is 47.5 Å². The summed E-state index contributed by atoms with van der Waals surface area (Å²) in [6.45, 7) is 3.45. The molecule has 1 aliphatic heterocycles. The van der Waals surface area contributed by atoms with Gasteiger partial charge in [-0.25, -0.2) is 4.98 Å². The van der Waals surface area contributed by atoms with Gasteiger partial charge in [-0.05, 0) is 50.5 Å². The number of pyridine rings is 1. The smallest absolute Gasteiger partial charge is 0.262 e. The number of aromatic nitrogens is 2. The number of ether oxygens (including phenoxy) is 4. The van der Waals surface area contributed by atoms with E-state index in [1.165, 1.54) is 11.3 Å². The van der Waals surface area contributed by atoms with Gasteiger partial charge in [0.15, 0.2) is 6.29 Å². The van der Waals surface area contributed by atoms with Crippen LogP contribution in [0.15, 0.2) is 54.9 Å². The van der Waals surface area contributed by atoms with Gasteiger partial charge >= 0.3 is 0 Å². The summed E-state index contributed by atoms with van der Waals surface area (Å²) in [5.41, 5.74) is 8.10. The quantitative estimate of drug-likeness (QED) is 0.252. The van der Waals surface area contributed by atoms with Crippen LogP contribution in [-0.4, -0.2) is 41.4 Å². The van der Waals surface area contributed by atoms with Crippen molar-refractivity contribution in [3.8, 4) is 22.1 Å². The Hall–Kier alpha value is -3.11. The fraction of sp³-hybridized carbons (Fsp3) is 0.333. The maximum Gasteiger partial charge on any atom is 0.262 e. The van der Waals surface area contributed by atoms with Crippen LogP contribution in [0.2, 0.25) is 5.02 Å². The lowest BCUT2D eigenvalue weighted by Gasteiger charge is -2.22. The van der Waals surface area contributed by atoms with Gasteiger partial charge in [0.25, 0.3) is 5.91 Å². The van der Waals surface area contributed by atoms with Gasteiger partial charge in [0, 0.05) is 24.4 Å². The molecule has 3 aromatic heterocycles. The molecule has 4 aromatic rings. The maximum absolute atomic E-state index is 12.2. The second-order valence-corrected chi connectivity index (χ2v) is 10.2. The molecule has 1 aromatic carbocycles. The number of hydrogen-bond acceptors (Lipinski definition) is 7. The van der Waals surface area contributed by atoms with Crippen LogP contribution in [-0.2, 0) is 9.47 Å². The van der Waals surface area contributed by atoms with E-state index in [4.69, 9.17) is 36.3 Å². The van der Waals surface area contributed by atoms with E-state index in [-0.39, 0.29) is 6.29 Å². The number of thiophene rings is 1. The normalized spacial score (nSPS) is 16.5. The van der Waals surface area contributed by atoms with Crippen molar-refractivity contribution in [3.63, 3.8) is 0 Å². The summed E-state index contributed by atoms with van der Waals surface area (Å²) in [6.07, 6.45) is 6.24. The Kier molecular flexibility index (Phi) is 7.95. The Morgan fingerprint density at radius 2 is 2.16 bits per heavy atom. The zero-order valence-electron chi connectivity index (χ0n) is 20.4. The lowest BCUT2D eigenvalue weighted by molar-refractivity contribution is -0.165. The molecule has 2 unspecified atom stereocenters. The number of nitrogens with zero attached hydrogens (tertiary/aromatic N) is 2. The van der Waals surface area contributed by atoms with Crippen molar-refractivity contribution < 1.29 is 23.7 Å². The highest BCUT2D eigenvalue weighted by atomic mass is 35.5. The lowest BCUT2D eigenvalue weighted by Crippen LogP contribution is -2.24. The van der Waals surface area contributed by atoms with E-state index in [1.54, 1.807) is 12.3 Å². The summed E-state index contributed by atoms with van der Waals surface area (Å²) in [5, 5.41) is 0.499. The third kappa shape index (κ3) is 5.91. The summed E-state index contributed by atoms with van der Waals surface area (Å²) in [6, 6.07) is 13.0. The number of carbonyl (C=O) groups is 1. The van der Waals surface area contributed by atoms with Crippen molar-refractivity contribution in [1.29, 1.82) is 0 Å². The van der Waals surface area contributed by atoms with Gasteiger partial charge in [0.05, 0.1) is 28.4 Å². The van der Waals surface area contributed by atoms with Crippen molar-refractivity contribution in [2.45, 2.75) is 38.6 Å². The van der Waals surface area contributed by atoms with Crippen LogP contribution in [0.25, 0.3) is 16.2 Å². The molecule has 194 valence electrons. The van der Waals surface area contributed by atoms with Crippen molar-refractivity contribution >= 4 is 34.5 Å². The number of fused-ring (bicyclic) bond motifs is 1. The van der Waals surface area contributed by atoms with E-state index in [1.807, 2.05) is 53.9 Å². The topological polar surface area (TPSA) is 97.3 Å². The van der Waals surface area contributed by atoms with Crippen LogP contribution >= 0.6 is 22.9 Å². The molecule has 0 radical (unpaired) electrons. The maximum atomic E-state index is 12.2. The average molecular weight is 542 g/mol. The SMILES string of the molecule is CC(Oc1cc(-c2cnc3ccccn23)sc1C(N)=O)c1ccc(OCCOC2CCCCO2)cc1Cl. The van der Waals surface area contributed by atoms with E-state index in [9.17, 15) is 4.79 Å². The van der Waals surface area contributed by atoms with E-state index >= 15 is 0 Å². The minimum Gasteiger partial charge on any atom is -0.491 e. The molecule has 1 fully saturated rings. The Balaban J connectivity index is 1.25. The molecule has 0 saturated carbocycles. The van der Waals surface area contributed by atoms with Crippen LogP contribution in [0, 0.1) is 0 Å². The lowest BCUT2D eigenvalue weighted by atomic mass is 10.1. The molecule has 10 heteroatoms. The summed E-state index contributed by atoms with van der Waals surface area (Å²) in [4.78, 5) is 17.8. The molecule has 1 aliphatic rings. The fourth-order valence-corrected chi connectivity index (χ4v) is 5.51. The summed E-state index contributed by atoms with van der Waals surface area (Å²) < 4.78 is 25.2. The van der Waals surface area contributed by atoms with Gasteiger partial charge in [-0.3, -0.25) is 9.20 Å². The highest BCUT2D eigenvalue weighted by Crippen LogP contribution is 2.39. The van der Waals surface area contributed by atoms with Crippen molar-refractivity contribution in [2.24, 2.45) is 5.73 Å². The first-order chi connectivity index (χ1) is 18.0. The molecule has 1 amide bonds. The number of hydrogen-bond donors (Lipinski definition) is 1. The van der Waals surface area contributed by atoms with Crippen molar-refractivity contribution in [1.82, 2.24) is 9.38 Å². The van der Waals surface area contributed by atoms with Crippen LogP contribution in [0.3, 0.4) is 0 Å². The van der Waals surface area contributed by atoms with Gasteiger partial charge < -0.3 is 24.7 Å². The molecule has 8 nitrogen and oxygen atoms in total. The zero-order valence-corrected chi connectivity index (χ0v) is 22.0. The Morgan fingerprint density at radius 3 is 2.95 bits per heavy atom. The molecule has 0 bridgehead atoms. The van der Waals surface area contributed by atoms with Crippen LogP contribution < -0.4 is 15.2 Å². The number of nitrogens with two attached hydrogens (primary N) is 1. The monoisotopic (exact) mass is 541 g/mol. The summed E-state index contributed by atoms with van der Waals surface area (Å²) in [5.74, 6) is 0.490. The molecule has 37 heavy (non-hydrogen) atoms. The highest BCUT2D eigenvalue weighted by Gasteiger charge is 2.22. The first kappa shape index (κ1) is 25.5. The minimum atomic E-state index is -0.553. The van der Waals surface area contributed by atoms with E-state index < -0.39 is 12.0 Å². The Bertz CT molecular complexity index is 1380. The van der Waals surface area contributed by atoms with E-state index in [0.717, 1.165) is 47.7 Å². The van der Waals surface area contributed by atoms with E-state index in [0.29, 0.717) is 34.6 Å². The third-order valence-corrected chi connectivity index (χ3v) is 7.58. The molecular formula is C27H28ClN3O5S. The third-order valence-electron chi connectivity index (χ3n) is 6.10. The largest absolute Gasteiger partial charge is 0.491 e. The standard InChI is InChI=1S/C27H28ClN3O5S/c1-17(19-9-8-18(14-20(19)28)33-12-13-35-25-7-3-5-11-34-25)36-22-15-23(37-26(22)27(29)32)21-16-30-24-6-2-4-10-31(21)24/h2,4,6,8-10,14-17,25H,3,5,7,11-13H2,1H3,(H2,29,32). The molecule has 0 aliphatic carbocycles. The number of halogens is 1. The van der Waals surface area contributed by atoms with Gasteiger partial charge in [-0.1, -0.05) is 23.7 Å². The van der Waals surface area contributed by atoms with Gasteiger partial charge in [-0.2, -0.15) is 0 Å². The molecule has 2 atom stereocenters. The second kappa shape index (κ2) is 11.5. The van der Waals surface area contributed by atoms with Gasteiger partial charge in [0.1, 0.15) is 34.7 Å². The summed E-state index contributed by atoms with van der Waals surface area (Å²) >= 11 is 7.84. The van der Waals surface area contributed by atoms with Gasteiger partial charge in [0.2, 0.25) is 0 Å². The second-order valence-electron chi connectivity index (χ2n) is 8.70. The molecular weight excluding hydrogens is 514 g/mol. The highest BCUT2D eigenvalue weighted by molar-refractivity contribution is 7.17. The predicted octanol–water partition coefficient (Wildman–Crippen LogP) is 5.88. The van der Waals surface area contributed by atoms with E-state index in [2.05, 4.69) is 4.98 Å². The number of rotatable bonds is 10. The van der Waals surface area contributed by atoms with Crippen LogP contribution in [0.5, 0.6) is 11.5 Å². The Morgan fingerprint density at radius 1 is 1.27 bits per heavy atom. The molecule has 5 rings (SSSR count). The number of amides is 1. The minimum absolute atomic E-state index is 0.142. The number of imidazole rings is 1. The number of benzene rings is 1. The first-order valence-electron chi connectivity index (χ1n) is 12.2. The fourth-order valence-electron chi connectivity index (χ4n) is 4.24. The molecule has 1 saturated heterocycles. The molecule has 4 heterocycles. The predicted molar refractivity (Wildman–Crippen MR) is 143 cm³/mol. The number of carbonyl (C=O) groups excluding carboxylic acids is 1. The van der Waals surface area contributed by atoms with Gasteiger partial charge in [-0.15, -0.1) is 11.3 Å². The molecule has 0 spiro atoms. The van der Waals surface area contributed by atoms with Crippen LogP contribution in [0.4, 0.5) is 0 Å². The zero-order chi connectivity index (χ0) is 25.8. The Labute approximate surface area is 223 Å². The first-order valence-corrected chi connectivity index (χ1v) is 13.4.